The quantitative estimate of drug-likeness (QED) is 0.859. The molecule has 1 fully saturated rings. The number of benzene rings is 1. The van der Waals surface area contributed by atoms with Crippen molar-refractivity contribution in [3.63, 3.8) is 0 Å². The molecule has 0 radical (unpaired) electrons. The zero-order chi connectivity index (χ0) is 17.7. The number of amides is 1. The number of carbonyl (C=O) groups is 1. The van der Waals surface area contributed by atoms with E-state index in [0.29, 0.717) is 18.0 Å². The van der Waals surface area contributed by atoms with Crippen molar-refractivity contribution >= 4 is 5.91 Å². The number of morpholine rings is 1. The highest BCUT2D eigenvalue weighted by molar-refractivity contribution is 5.81. The fraction of sp³-hybridized carbons (Fsp3) is 0.611. The normalized spacial score (nSPS) is 22.7. The smallest absolute Gasteiger partial charge is 0.237 e. The number of rotatable bonds is 6. The van der Waals surface area contributed by atoms with Gasteiger partial charge in [-0.15, -0.1) is 0 Å². The molecule has 1 saturated heterocycles. The van der Waals surface area contributed by atoms with Crippen LogP contribution in [-0.2, 0) is 16.1 Å². The van der Waals surface area contributed by atoms with Gasteiger partial charge in [0.25, 0.3) is 0 Å². The van der Waals surface area contributed by atoms with E-state index in [1.54, 1.807) is 14.2 Å². The minimum Gasteiger partial charge on any atom is -0.493 e. The van der Waals surface area contributed by atoms with E-state index in [0.717, 1.165) is 18.7 Å². The Morgan fingerprint density at radius 3 is 2.46 bits per heavy atom. The summed E-state index contributed by atoms with van der Waals surface area (Å²) in [5.74, 6) is 1.36. The minimum atomic E-state index is -0.182. The summed E-state index contributed by atoms with van der Waals surface area (Å²) in [6, 6.07) is 5.46. The molecule has 2 rings (SSSR count). The van der Waals surface area contributed by atoms with E-state index in [9.17, 15) is 4.79 Å². The van der Waals surface area contributed by atoms with Crippen LogP contribution in [0.25, 0.3) is 0 Å². The molecule has 1 aromatic carbocycles. The fourth-order valence-electron chi connectivity index (χ4n) is 3.03. The van der Waals surface area contributed by atoms with Crippen LogP contribution in [0, 0.1) is 0 Å². The molecule has 1 heterocycles. The molecule has 1 aliphatic rings. The molecule has 6 heteroatoms. The van der Waals surface area contributed by atoms with Gasteiger partial charge in [0.1, 0.15) is 0 Å². The van der Waals surface area contributed by atoms with Crippen molar-refractivity contribution < 1.29 is 19.0 Å². The number of methoxy groups -OCH3 is 2. The molecule has 1 amide bonds. The fourth-order valence-corrected chi connectivity index (χ4v) is 3.03. The van der Waals surface area contributed by atoms with Crippen molar-refractivity contribution in [2.45, 2.75) is 45.6 Å². The van der Waals surface area contributed by atoms with Crippen LogP contribution in [-0.4, -0.2) is 56.4 Å². The van der Waals surface area contributed by atoms with Gasteiger partial charge in [0.15, 0.2) is 11.5 Å². The van der Waals surface area contributed by atoms with E-state index in [2.05, 4.69) is 10.2 Å². The summed E-state index contributed by atoms with van der Waals surface area (Å²) < 4.78 is 16.2. The molecule has 0 aromatic heterocycles. The zero-order valence-corrected chi connectivity index (χ0v) is 15.2. The van der Waals surface area contributed by atoms with Crippen LogP contribution in [0.4, 0.5) is 0 Å². The molecule has 6 nitrogen and oxygen atoms in total. The average Bonchev–Trinajstić information content (AvgIpc) is 2.57. The maximum absolute atomic E-state index is 12.5. The monoisotopic (exact) mass is 336 g/mol. The van der Waals surface area contributed by atoms with E-state index in [1.807, 2.05) is 39.0 Å². The Labute approximate surface area is 144 Å². The van der Waals surface area contributed by atoms with Gasteiger partial charge in [0, 0.05) is 19.6 Å². The lowest BCUT2D eigenvalue weighted by Crippen LogP contribution is -2.53. The van der Waals surface area contributed by atoms with Crippen LogP contribution in [0.5, 0.6) is 11.5 Å². The molecule has 134 valence electrons. The van der Waals surface area contributed by atoms with Gasteiger partial charge in [-0.2, -0.15) is 0 Å². The number of carbonyl (C=O) groups excluding carboxylic acids is 1. The second-order valence-electron chi connectivity index (χ2n) is 6.29. The molecule has 0 aliphatic carbocycles. The Hall–Kier alpha value is -1.79. The standard InChI is InChI=1S/C18H28N2O4/c1-12-10-20(11-13(2)24-12)14(3)18(21)19-9-15-6-7-16(22-4)17(8-15)23-5/h6-8,12-14H,9-11H2,1-5H3,(H,19,21)/t12-,13+,14-/m0/s1. The molecular weight excluding hydrogens is 308 g/mol. The van der Waals surface area contributed by atoms with Crippen molar-refractivity contribution in [3.05, 3.63) is 23.8 Å². The third kappa shape index (κ3) is 4.61. The molecular formula is C18H28N2O4. The first kappa shape index (κ1) is 18.5. The predicted octanol–water partition coefficient (Wildman–Crippen LogP) is 1.82. The maximum atomic E-state index is 12.5. The Morgan fingerprint density at radius 2 is 1.88 bits per heavy atom. The largest absolute Gasteiger partial charge is 0.493 e. The topological polar surface area (TPSA) is 60.0 Å². The first-order valence-electron chi connectivity index (χ1n) is 8.32. The Balaban J connectivity index is 1.92. The SMILES string of the molecule is COc1ccc(CNC(=O)[C@H](C)N2C[C@@H](C)O[C@@H](C)C2)cc1OC. The molecule has 24 heavy (non-hydrogen) atoms. The molecule has 1 aliphatic heterocycles. The van der Waals surface area contributed by atoms with E-state index >= 15 is 0 Å². The lowest BCUT2D eigenvalue weighted by atomic mass is 10.1. The van der Waals surface area contributed by atoms with Gasteiger partial charge in [-0.3, -0.25) is 9.69 Å². The second-order valence-corrected chi connectivity index (χ2v) is 6.29. The highest BCUT2D eigenvalue weighted by Crippen LogP contribution is 2.27. The van der Waals surface area contributed by atoms with Crippen LogP contribution in [0.2, 0.25) is 0 Å². The molecule has 1 aromatic rings. The van der Waals surface area contributed by atoms with E-state index < -0.39 is 0 Å². The van der Waals surface area contributed by atoms with E-state index in [4.69, 9.17) is 14.2 Å². The highest BCUT2D eigenvalue weighted by Gasteiger charge is 2.29. The first-order chi connectivity index (χ1) is 11.4. The van der Waals surface area contributed by atoms with Crippen LogP contribution in [0.1, 0.15) is 26.3 Å². The Kier molecular flexibility index (Phi) is 6.45. The van der Waals surface area contributed by atoms with E-state index in [1.165, 1.54) is 0 Å². The van der Waals surface area contributed by atoms with Crippen molar-refractivity contribution in [2.75, 3.05) is 27.3 Å². The lowest BCUT2D eigenvalue weighted by Gasteiger charge is -2.38. The maximum Gasteiger partial charge on any atom is 0.237 e. The number of nitrogens with one attached hydrogen (secondary N) is 1. The number of nitrogens with zero attached hydrogens (tertiary/aromatic N) is 1. The Morgan fingerprint density at radius 1 is 1.25 bits per heavy atom. The third-order valence-corrected chi connectivity index (χ3v) is 4.29. The molecule has 0 spiro atoms. The summed E-state index contributed by atoms with van der Waals surface area (Å²) in [5.41, 5.74) is 0.969. The molecule has 1 N–H and O–H groups in total. The summed E-state index contributed by atoms with van der Waals surface area (Å²) in [7, 11) is 3.20. The van der Waals surface area contributed by atoms with Crippen LogP contribution >= 0.6 is 0 Å². The summed E-state index contributed by atoms with van der Waals surface area (Å²) in [6.07, 6.45) is 0.296. The highest BCUT2D eigenvalue weighted by atomic mass is 16.5. The molecule has 0 unspecified atom stereocenters. The van der Waals surface area contributed by atoms with Gasteiger partial charge in [0.05, 0.1) is 32.5 Å². The number of ether oxygens (including phenoxy) is 3. The second kappa shape index (κ2) is 8.35. The molecule has 3 atom stereocenters. The zero-order valence-electron chi connectivity index (χ0n) is 15.2. The lowest BCUT2D eigenvalue weighted by molar-refractivity contribution is -0.131. The number of hydrogen-bond acceptors (Lipinski definition) is 5. The van der Waals surface area contributed by atoms with Gasteiger partial charge in [-0.25, -0.2) is 0 Å². The molecule has 0 saturated carbocycles. The van der Waals surface area contributed by atoms with Crippen LogP contribution in [0.3, 0.4) is 0 Å². The van der Waals surface area contributed by atoms with Crippen LogP contribution < -0.4 is 14.8 Å². The van der Waals surface area contributed by atoms with Crippen molar-refractivity contribution in [1.29, 1.82) is 0 Å². The summed E-state index contributed by atoms with van der Waals surface area (Å²) >= 11 is 0. The first-order valence-corrected chi connectivity index (χ1v) is 8.32. The van der Waals surface area contributed by atoms with Crippen molar-refractivity contribution in [3.8, 4) is 11.5 Å². The third-order valence-electron chi connectivity index (χ3n) is 4.29. The predicted molar refractivity (Wildman–Crippen MR) is 92.4 cm³/mol. The average molecular weight is 336 g/mol. The number of hydrogen-bond donors (Lipinski definition) is 1. The summed E-state index contributed by atoms with van der Waals surface area (Å²) in [4.78, 5) is 14.6. The van der Waals surface area contributed by atoms with Crippen LogP contribution in [0.15, 0.2) is 18.2 Å². The van der Waals surface area contributed by atoms with Crippen molar-refractivity contribution in [2.24, 2.45) is 0 Å². The van der Waals surface area contributed by atoms with E-state index in [-0.39, 0.29) is 24.2 Å². The minimum absolute atomic E-state index is 0.0195. The van der Waals surface area contributed by atoms with Crippen molar-refractivity contribution in [1.82, 2.24) is 10.2 Å². The summed E-state index contributed by atoms with van der Waals surface area (Å²) in [6.45, 7) is 8.02. The van der Waals surface area contributed by atoms with Gasteiger partial charge in [-0.05, 0) is 38.5 Å². The van der Waals surface area contributed by atoms with Gasteiger partial charge in [-0.1, -0.05) is 6.07 Å². The van der Waals surface area contributed by atoms with Gasteiger partial charge in [0.2, 0.25) is 5.91 Å². The van der Waals surface area contributed by atoms with Gasteiger partial charge >= 0.3 is 0 Å². The van der Waals surface area contributed by atoms with Gasteiger partial charge < -0.3 is 19.5 Å². The molecule has 0 bridgehead atoms. The Bertz CT molecular complexity index is 554. The summed E-state index contributed by atoms with van der Waals surface area (Å²) in [5, 5.41) is 3.00.